The second-order valence-electron chi connectivity index (χ2n) is 6.55. The Morgan fingerprint density at radius 3 is 2.27 bits per heavy atom. The van der Waals surface area contributed by atoms with Crippen LogP contribution in [0.4, 0.5) is 4.39 Å². The highest BCUT2D eigenvalue weighted by atomic mass is 19.1. The summed E-state index contributed by atoms with van der Waals surface area (Å²) in [7, 11) is 0. The minimum Gasteiger partial charge on any atom is -0.317 e. The average Bonchev–Trinajstić information content (AvgIpc) is 2.88. The van der Waals surface area contributed by atoms with Crippen LogP contribution in [0, 0.1) is 44.8 Å². The van der Waals surface area contributed by atoms with Crippen molar-refractivity contribution < 1.29 is 4.39 Å². The molecular formula is C23H21FN2. The van der Waals surface area contributed by atoms with Gasteiger partial charge in [0.1, 0.15) is 5.82 Å². The number of hydrogen-bond acceptors (Lipinski definition) is 1. The van der Waals surface area contributed by atoms with Gasteiger partial charge in [-0.3, -0.25) is 0 Å². The molecule has 3 aromatic rings. The molecule has 0 N–H and O–H groups in total. The van der Waals surface area contributed by atoms with E-state index in [0.29, 0.717) is 11.1 Å². The number of para-hydroxylation sites is 1. The third kappa shape index (κ3) is 3.07. The predicted molar refractivity (Wildman–Crippen MR) is 105 cm³/mol. The molecule has 3 heteroatoms. The van der Waals surface area contributed by atoms with E-state index in [-0.39, 0.29) is 5.82 Å². The lowest BCUT2D eigenvalue weighted by atomic mass is 10.0. The number of allylic oxidation sites excluding steroid dienone is 1. The first kappa shape index (κ1) is 17.7. The molecule has 0 aliphatic heterocycles. The van der Waals surface area contributed by atoms with Gasteiger partial charge in [-0.25, -0.2) is 4.39 Å². The number of nitrogens with zero attached hydrogens (tertiary/aromatic N) is 2. The van der Waals surface area contributed by atoms with Gasteiger partial charge in [0.2, 0.25) is 0 Å². The van der Waals surface area contributed by atoms with E-state index in [9.17, 15) is 9.65 Å². The molecule has 0 saturated carbocycles. The van der Waals surface area contributed by atoms with Crippen molar-refractivity contribution in [2.75, 3.05) is 0 Å². The smallest absolute Gasteiger partial charge is 0.131 e. The second kappa shape index (κ2) is 7.01. The molecule has 0 amide bonds. The van der Waals surface area contributed by atoms with Crippen LogP contribution >= 0.6 is 0 Å². The maximum absolute atomic E-state index is 14.1. The van der Waals surface area contributed by atoms with Gasteiger partial charge in [-0.1, -0.05) is 36.4 Å². The molecule has 2 aromatic carbocycles. The van der Waals surface area contributed by atoms with E-state index in [0.717, 1.165) is 22.6 Å². The summed E-state index contributed by atoms with van der Waals surface area (Å²) in [6.45, 7) is 8.26. The lowest BCUT2D eigenvalue weighted by Crippen LogP contribution is -2.04. The summed E-state index contributed by atoms with van der Waals surface area (Å²) >= 11 is 0. The molecule has 26 heavy (non-hydrogen) atoms. The Kier molecular flexibility index (Phi) is 4.77. The summed E-state index contributed by atoms with van der Waals surface area (Å²) < 4.78 is 16.3. The molecule has 1 aromatic heterocycles. The Morgan fingerprint density at radius 2 is 1.65 bits per heavy atom. The molecule has 0 atom stereocenters. The summed E-state index contributed by atoms with van der Waals surface area (Å²) in [6, 6.07) is 16.8. The van der Waals surface area contributed by atoms with Crippen molar-refractivity contribution in [1.29, 1.82) is 5.26 Å². The van der Waals surface area contributed by atoms with Gasteiger partial charge in [0.05, 0.1) is 17.3 Å². The van der Waals surface area contributed by atoms with Gasteiger partial charge in [-0.15, -0.1) is 0 Å². The Labute approximate surface area is 153 Å². The molecular weight excluding hydrogens is 323 g/mol. The number of aryl methyl sites for hydroxylation is 3. The van der Waals surface area contributed by atoms with Gasteiger partial charge in [0, 0.05) is 17.0 Å². The lowest BCUT2D eigenvalue weighted by Gasteiger charge is -2.15. The van der Waals surface area contributed by atoms with Gasteiger partial charge >= 0.3 is 0 Å². The van der Waals surface area contributed by atoms with Crippen LogP contribution in [0.25, 0.3) is 17.3 Å². The van der Waals surface area contributed by atoms with E-state index in [4.69, 9.17) is 0 Å². The SMILES string of the molecule is Cc1cccc(C)c1-n1c(C)cc(/C=C(/C#N)c2ccccc2F)c1C. The number of hydrogen-bond donors (Lipinski definition) is 0. The van der Waals surface area contributed by atoms with Crippen LogP contribution in [0.5, 0.6) is 0 Å². The van der Waals surface area contributed by atoms with Crippen molar-refractivity contribution in [2.45, 2.75) is 27.7 Å². The third-order valence-electron chi connectivity index (χ3n) is 4.72. The first-order valence-electron chi connectivity index (χ1n) is 8.56. The highest BCUT2D eigenvalue weighted by Gasteiger charge is 2.14. The molecule has 0 spiro atoms. The molecule has 0 saturated heterocycles. The number of benzene rings is 2. The van der Waals surface area contributed by atoms with Gasteiger partial charge in [-0.05, 0) is 62.6 Å². The van der Waals surface area contributed by atoms with Crippen LogP contribution in [0.2, 0.25) is 0 Å². The highest BCUT2D eigenvalue weighted by Crippen LogP contribution is 2.29. The van der Waals surface area contributed by atoms with Crippen molar-refractivity contribution >= 4 is 11.6 Å². The number of aromatic nitrogens is 1. The van der Waals surface area contributed by atoms with Crippen LogP contribution in [0.15, 0.2) is 48.5 Å². The van der Waals surface area contributed by atoms with Gasteiger partial charge < -0.3 is 4.57 Å². The first-order valence-corrected chi connectivity index (χ1v) is 8.56. The maximum Gasteiger partial charge on any atom is 0.131 e. The topological polar surface area (TPSA) is 28.7 Å². The summed E-state index contributed by atoms with van der Waals surface area (Å²) in [5.74, 6) is -0.385. The summed E-state index contributed by atoms with van der Waals surface area (Å²) in [5, 5.41) is 9.55. The number of rotatable bonds is 3. The van der Waals surface area contributed by atoms with E-state index < -0.39 is 0 Å². The van der Waals surface area contributed by atoms with Crippen LogP contribution in [0.1, 0.15) is 33.6 Å². The van der Waals surface area contributed by atoms with E-state index in [1.165, 1.54) is 17.2 Å². The normalized spacial score (nSPS) is 11.5. The van der Waals surface area contributed by atoms with E-state index in [1.54, 1.807) is 24.3 Å². The molecule has 0 fully saturated rings. The average molecular weight is 344 g/mol. The zero-order valence-corrected chi connectivity index (χ0v) is 15.5. The summed E-state index contributed by atoms with van der Waals surface area (Å²) in [4.78, 5) is 0. The summed E-state index contributed by atoms with van der Waals surface area (Å²) in [5.41, 5.74) is 7.23. The van der Waals surface area contributed by atoms with Gasteiger partial charge in [0.15, 0.2) is 0 Å². The molecule has 0 aliphatic carbocycles. The maximum atomic E-state index is 14.1. The Morgan fingerprint density at radius 1 is 1.00 bits per heavy atom. The molecule has 1 heterocycles. The Hall–Kier alpha value is -3.12. The molecule has 0 bridgehead atoms. The van der Waals surface area contributed by atoms with Crippen molar-refractivity contribution in [3.05, 3.63) is 88.0 Å². The molecule has 130 valence electrons. The monoisotopic (exact) mass is 344 g/mol. The van der Waals surface area contributed by atoms with Crippen LogP contribution < -0.4 is 0 Å². The Bertz CT molecular complexity index is 1030. The Balaban J connectivity index is 2.18. The second-order valence-corrected chi connectivity index (χ2v) is 6.55. The van der Waals surface area contributed by atoms with Crippen molar-refractivity contribution in [3.63, 3.8) is 0 Å². The van der Waals surface area contributed by atoms with Crippen molar-refractivity contribution in [3.8, 4) is 11.8 Å². The lowest BCUT2D eigenvalue weighted by molar-refractivity contribution is 0.624. The molecule has 0 aliphatic rings. The quantitative estimate of drug-likeness (QED) is 0.543. The third-order valence-corrected chi connectivity index (χ3v) is 4.72. The molecule has 2 nitrogen and oxygen atoms in total. The van der Waals surface area contributed by atoms with E-state index in [1.807, 2.05) is 19.9 Å². The number of nitriles is 1. The zero-order chi connectivity index (χ0) is 18.8. The molecule has 0 unspecified atom stereocenters. The fraction of sp³-hybridized carbons (Fsp3) is 0.174. The van der Waals surface area contributed by atoms with Gasteiger partial charge in [0.25, 0.3) is 0 Å². The van der Waals surface area contributed by atoms with Crippen LogP contribution in [0.3, 0.4) is 0 Å². The van der Waals surface area contributed by atoms with Gasteiger partial charge in [-0.2, -0.15) is 5.26 Å². The number of halogens is 1. The first-order chi connectivity index (χ1) is 12.4. The zero-order valence-electron chi connectivity index (χ0n) is 15.5. The standard InChI is InChI=1S/C23H21FN2/c1-15-8-7-9-16(2)23(15)26-17(3)12-19(18(26)4)13-20(14-25)21-10-5-6-11-22(21)24/h5-13H,1-4H3/b20-13-. The van der Waals surface area contributed by atoms with E-state index >= 15 is 0 Å². The van der Waals surface area contributed by atoms with Crippen molar-refractivity contribution in [2.24, 2.45) is 0 Å². The fourth-order valence-corrected chi connectivity index (χ4v) is 3.44. The molecule has 0 radical (unpaired) electrons. The summed E-state index contributed by atoms with van der Waals surface area (Å²) in [6.07, 6.45) is 1.77. The highest BCUT2D eigenvalue weighted by molar-refractivity contribution is 5.90. The van der Waals surface area contributed by atoms with Crippen LogP contribution in [-0.2, 0) is 0 Å². The minimum atomic E-state index is -0.385. The largest absolute Gasteiger partial charge is 0.317 e. The molecule has 3 rings (SSSR count). The predicted octanol–water partition coefficient (Wildman–Crippen LogP) is 5.91. The fourth-order valence-electron chi connectivity index (χ4n) is 3.44. The van der Waals surface area contributed by atoms with Crippen LogP contribution in [-0.4, -0.2) is 4.57 Å². The van der Waals surface area contributed by atoms with E-state index in [2.05, 4.69) is 42.7 Å². The minimum absolute atomic E-state index is 0.324. The van der Waals surface area contributed by atoms with Crippen molar-refractivity contribution in [1.82, 2.24) is 4.57 Å².